The van der Waals surface area contributed by atoms with Gasteiger partial charge in [-0.15, -0.1) is 11.3 Å². The van der Waals surface area contributed by atoms with Gasteiger partial charge in [0.05, 0.1) is 12.0 Å². The van der Waals surface area contributed by atoms with Crippen LogP contribution >= 0.6 is 11.3 Å². The number of carbonyl (C=O) groups is 1. The van der Waals surface area contributed by atoms with Gasteiger partial charge in [0.2, 0.25) is 0 Å². The molecule has 21 heavy (non-hydrogen) atoms. The van der Waals surface area contributed by atoms with E-state index in [1.54, 1.807) is 17.6 Å². The molecular formula is C15H20N2O3S. The first-order valence-corrected chi connectivity index (χ1v) is 7.94. The molecule has 5 nitrogen and oxygen atoms in total. The largest absolute Gasteiger partial charge is 0.481 e. The maximum atomic E-state index is 10.5. The van der Waals surface area contributed by atoms with Crippen molar-refractivity contribution in [1.82, 2.24) is 10.3 Å². The average Bonchev–Trinajstić information content (AvgIpc) is 3.11. The Labute approximate surface area is 128 Å². The summed E-state index contributed by atoms with van der Waals surface area (Å²) < 4.78 is 5.32. The first-order chi connectivity index (χ1) is 10.1. The fourth-order valence-electron chi connectivity index (χ4n) is 1.98. The van der Waals surface area contributed by atoms with Crippen LogP contribution in [-0.4, -0.2) is 22.6 Å². The third-order valence-corrected chi connectivity index (χ3v) is 4.16. The molecule has 114 valence electrons. The average molecular weight is 308 g/mol. The van der Waals surface area contributed by atoms with Crippen LogP contribution in [-0.2, 0) is 11.3 Å². The van der Waals surface area contributed by atoms with Crippen LogP contribution in [0.4, 0.5) is 0 Å². The molecule has 0 spiro atoms. The minimum Gasteiger partial charge on any atom is -0.481 e. The second kappa shape index (κ2) is 7.95. The predicted molar refractivity (Wildman–Crippen MR) is 82.2 cm³/mol. The summed E-state index contributed by atoms with van der Waals surface area (Å²) in [6.07, 6.45) is 3.60. The topological polar surface area (TPSA) is 75.4 Å². The van der Waals surface area contributed by atoms with Crippen LogP contribution in [0.25, 0.3) is 10.8 Å². The molecule has 0 aliphatic carbocycles. The van der Waals surface area contributed by atoms with Crippen molar-refractivity contribution >= 4 is 17.3 Å². The van der Waals surface area contributed by atoms with Crippen molar-refractivity contribution in [2.75, 3.05) is 6.54 Å². The van der Waals surface area contributed by atoms with Crippen molar-refractivity contribution in [1.29, 1.82) is 0 Å². The number of hydrogen-bond donors (Lipinski definition) is 2. The van der Waals surface area contributed by atoms with Gasteiger partial charge < -0.3 is 14.8 Å². The van der Waals surface area contributed by atoms with Gasteiger partial charge in [-0.2, -0.15) is 0 Å². The number of nitrogens with zero attached hydrogens (tertiary/aromatic N) is 1. The molecule has 0 fully saturated rings. The van der Waals surface area contributed by atoms with Gasteiger partial charge in [-0.1, -0.05) is 6.92 Å². The first kappa shape index (κ1) is 15.7. The Bertz CT molecular complexity index is 551. The second-order valence-corrected chi connectivity index (χ2v) is 5.98. The zero-order valence-electron chi connectivity index (χ0n) is 12.0. The molecule has 2 rings (SSSR count). The Kier molecular flexibility index (Phi) is 5.95. The molecule has 0 amide bonds. The Hall–Kier alpha value is -1.66. The molecule has 2 N–H and O–H groups in total. The molecule has 2 aromatic heterocycles. The van der Waals surface area contributed by atoms with Crippen LogP contribution in [0, 0.1) is 5.92 Å². The highest BCUT2D eigenvalue weighted by atomic mass is 32.1. The summed E-state index contributed by atoms with van der Waals surface area (Å²) in [6.45, 7) is 3.68. The lowest BCUT2D eigenvalue weighted by atomic mass is 10.0. The Balaban J connectivity index is 1.66. The highest BCUT2D eigenvalue weighted by Gasteiger charge is 2.08. The van der Waals surface area contributed by atoms with E-state index in [1.165, 1.54) is 0 Å². The second-order valence-electron chi connectivity index (χ2n) is 5.12. The Morgan fingerprint density at radius 1 is 1.52 bits per heavy atom. The molecule has 0 aliphatic heterocycles. The Morgan fingerprint density at radius 2 is 2.38 bits per heavy atom. The van der Waals surface area contributed by atoms with E-state index in [0.29, 0.717) is 5.92 Å². The molecule has 2 heterocycles. The molecule has 0 aromatic carbocycles. The first-order valence-electron chi connectivity index (χ1n) is 7.06. The SMILES string of the molecule is CC(CCNCc1csc(-c2ccco2)n1)CCC(=O)O. The smallest absolute Gasteiger partial charge is 0.303 e. The van der Waals surface area contributed by atoms with Crippen LogP contribution < -0.4 is 5.32 Å². The van der Waals surface area contributed by atoms with Crippen molar-refractivity contribution in [2.45, 2.75) is 32.7 Å². The van der Waals surface area contributed by atoms with E-state index < -0.39 is 5.97 Å². The molecule has 0 saturated carbocycles. The summed E-state index contributed by atoms with van der Waals surface area (Å²) in [5.74, 6) is 0.499. The molecule has 0 aliphatic rings. The highest BCUT2D eigenvalue weighted by molar-refractivity contribution is 7.13. The third kappa shape index (κ3) is 5.32. The summed E-state index contributed by atoms with van der Waals surface area (Å²) in [4.78, 5) is 15.0. The minimum absolute atomic E-state index is 0.250. The van der Waals surface area contributed by atoms with Crippen LogP contribution in [0.5, 0.6) is 0 Å². The predicted octanol–water partition coefficient (Wildman–Crippen LogP) is 3.38. The van der Waals surface area contributed by atoms with Gasteiger partial charge in [0, 0.05) is 18.3 Å². The third-order valence-electron chi connectivity index (χ3n) is 3.25. The van der Waals surface area contributed by atoms with Crippen LogP contribution in [0.3, 0.4) is 0 Å². The quantitative estimate of drug-likeness (QED) is 0.695. The molecule has 0 bridgehead atoms. The number of rotatable bonds is 9. The van der Waals surface area contributed by atoms with E-state index >= 15 is 0 Å². The molecule has 1 unspecified atom stereocenters. The standard InChI is InChI=1S/C15H20N2O3S/c1-11(4-5-14(18)19)6-7-16-9-12-10-21-15(17-12)13-3-2-8-20-13/h2-3,8,10-11,16H,4-7,9H2,1H3,(H,18,19). The zero-order chi connectivity index (χ0) is 15.1. The molecule has 1 atom stereocenters. The summed E-state index contributed by atoms with van der Waals surface area (Å²) >= 11 is 1.57. The maximum Gasteiger partial charge on any atom is 0.303 e. The van der Waals surface area contributed by atoms with Gasteiger partial charge in [-0.25, -0.2) is 4.98 Å². The van der Waals surface area contributed by atoms with Crippen molar-refractivity contribution < 1.29 is 14.3 Å². The summed E-state index contributed by atoms with van der Waals surface area (Å²) in [5.41, 5.74) is 1.00. The van der Waals surface area contributed by atoms with Crippen molar-refractivity contribution in [2.24, 2.45) is 5.92 Å². The molecule has 6 heteroatoms. The highest BCUT2D eigenvalue weighted by Crippen LogP contribution is 2.23. The van der Waals surface area contributed by atoms with Gasteiger partial charge in [-0.05, 0) is 37.4 Å². The van der Waals surface area contributed by atoms with E-state index in [1.807, 2.05) is 17.5 Å². The number of carboxylic acids is 1. The summed E-state index contributed by atoms with van der Waals surface area (Å²) in [5, 5.41) is 14.9. The van der Waals surface area contributed by atoms with E-state index in [4.69, 9.17) is 9.52 Å². The van der Waals surface area contributed by atoms with Gasteiger partial charge in [0.25, 0.3) is 0 Å². The maximum absolute atomic E-state index is 10.5. The number of thiazole rings is 1. The van der Waals surface area contributed by atoms with Gasteiger partial charge >= 0.3 is 5.97 Å². The summed E-state index contributed by atoms with van der Waals surface area (Å²) in [6, 6.07) is 3.76. The summed E-state index contributed by atoms with van der Waals surface area (Å²) in [7, 11) is 0. The van der Waals surface area contributed by atoms with Crippen LogP contribution in [0.2, 0.25) is 0 Å². The van der Waals surface area contributed by atoms with Crippen LogP contribution in [0.15, 0.2) is 28.2 Å². The fraction of sp³-hybridized carbons (Fsp3) is 0.467. The normalized spacial score (nSPS) is 12.4. The zero-order valence-corrected chi connectivity index (χ0v) is 12.9. The number of furan rings is 1. The van der Waals surface area contributed by atoms with Crippen molar-refractivity contribution in [3.05, 3.63) is 29.5 Å². The van der Waals surface area contributed by atoms with E-state index in [0.717, 1.165) is 42.4 Å². The van der Waals surface area contributed by atoms with Gasteiger partial charge in [-0.3, -0.25) is 4.79 Å². The fourth-order valence-corrected chi connectivity index (χ4v) is 2.77. The Morgan fingerprint density at radius 3 is 3.10 bits per heavy atom. The number of hydrogen-bond acceptors (Lipinski definition) is 5. The van der Waals surface area contributed by atoms with Crippen LogP contribution in [0.1, 0.15) is 31.9 Å². The van der Waals surface area contributed by atoms with Gasteiger partial charge in [0.1, 0.15) is 0 Å². The molecule has 0 saturated heterocycles. The molecular weight excluding hydrogens is 288 g/mol. The molecule has 0 radical (unpaired) electrons. The minimum atomic E-state index is -0.720. The van der Waals surface area contributed by atoms with E-state index in [-0.39, 0.29) is 6.42 Å². The number of carboxylic acid groups (broad SMARTS) is 1. The monoisotopic (exact) mass is 308 g/mol. The van der Waals surface area contributed by atoms with Gasteiger partial charge in [0.15, 0.2) is 10.8 Å². The van der Waals surface area contributed by atoms with E-state index in [9.17, 15) is 4.79 Å². The number of nitrogens with one attached hydrogen (secondary N) is 1. The lowest BCUT2D eigenvalue weighted by Crippen LogP contribution is -2.17. The lowest BCUT2D eigenvalue weighted by molar-refractivity contribution is -0.137. The lowest BCUT2D eigenvalue weighted by Gasteiger charge is -2.09. The number of aromatic nitrogens is 1. The number of aliphatic carboxylic acids is 1. The molecule has 2 aromatic rings. The van der Waals surface area contributed by atoms with E-state index in [2.05, 4.69) is 17.2 Å². The van der Waals surface area contributed by atoms with Crippen molar-refractivity contribution in [3.8, 4) is 10.8 Å². The van der Waals surface area contributed by atoms with Crippen molar-refractivity contribution in [3.63, 3.8) is 0 Å².